The number of hydrogen-bond acceptors (Lipinski definition) is 3. The van der Waals surface area contributed by atoms with E-state index in [9.17, 15) is 18.0 Å². The lowest BCUT2D eigenvalue weighted by Crippen LogP contribution is -2.26. The second-order valence-electron chi connectivity index (χ2n) is 6.39. The molecule has 1 amide bonds. The van der Waals surface area contributed by atoms with Gasteiger partial charge in [0.2, 0.25) is 0 Å². The zero-order valence-electron chi connectivity index (χ0n) is 15.7. The monoisotopic (exact) mass is 403 g/mol. The Kier molecular flexibility index (Phi) is 6.21. The summed E-state index contributed by atoms with van der Waals surface area (Å²) >= 11 is 0. The second kappa shape index (κ2) is 8.81. The van der Waals surface area contributed by atoms with Crippen LogP contribution in [0.3, 0.4) is 0 Å². The number of benzene rings is 2. The highest BCUT2D eigenvalue weighted by Gasteiger charge is 2.30. The number of ether oxygens (including phenoxy) is 1. The number of aromatic nitrogens is 2. The first-order chi connectivity index (χ1) is 13.9. The molecule has 1 aromatic heterocycles. The highest BCUT2D eigenvalue weighted by atomic mass is 19.4. The van der Waals surface area contributed by atoms with E-state index in [4.69, 9.17) is 4.74 Å². The molecule has 0 saturated heterocycles. The van der Waals surface area contributed by atoms with E-state index in [-0.39, 0.29) is 6.54 Å². The maximum absolute atomic E-state index is 12.8. The highest BCUT2D eigenvalue weighted by Crippen LogP contribution is 2.29. The minimum absolute atomic E-state index is 0.0846. The number of carbonyl (C=O) groups is 1. The molecule has 0 bridgehead atoms. The number of rotatable bonds is 6. The van der Waals surface area contributed by atoms with Gasteiger partial charge >= 0.3 is 12.3 Å². The largest absolute Gasteiger partial charge is 0.416 e. The van der Waals surface area contributed by atoms with Gasteiger partial charge in [-0.25, -0.2) is 9.48 Å². The van der Waals surface area contributed by atoms with Gasteiger partial charge in [0.25, 0.3) is 0 Å². The van der Waals surface area contributed by atoms with Crippen LogP contribution in [0.2, 0.25) is 0 Å². The van der Waals surface area contributed by atoms with Crippen molar-refractivity contribution in [1.82, 2.24) is 15.1 Å². The van der Waals surface area contributed by atoms with Crippen LogP contribution in [0.5, 0.6) is 5.75 Å². The van der Waals surface area contributed by atoms with Crippen LogP contribution in [-0.2, 0) is 19.1 Å². The van der Waals surface area contributed by atoms with Gasteiger partial charge in [-0.15, -0.1) is 0 Å². The van der Waals surface area contributed by atoms with Crippen LogP contribution >= 0.6 is 0 Å². The number of hydrogen-bond donors (Lipinski definition) is 1. The van der Waals surface area contributed by atoms with E-state index in [2.05, 4.69) is 10.4 Å². The van der Waals surface area contributed by atoms with Gasteiger partial charge in [-0.2, -0.15) is 18.3 Å². The molecule has 0 aliphatic heterocycles. The second-order valence-corrected chi connectivity index (χ2v) is 6.39. The van der Waals surface area contributed by atoms with Gasteiger partial charge in [0.15, 0.2) is 5.75 Å². The molecular formula is C21H20F3N3O2. The lowest BCUT2D eigenvalue weighted by Gasteiger charge is -2.11. The molecule has 3 rings (SSSR count). The first kappa shape index (κ1) is 20.4. The normalized spacial score (nSPS) is 11.3. The SMILES string of the molecule is CCCc1c(OC(=O)NCc2cccc(C(F)(F)F)c2)cnn1-c1ccccc1. The summed E-state index contributed by atoms with van der Waals surface area (Å²) in [4.78, 5) is 12.2. The van der Waals surface area contributed by atoms with Crippen molar-refractivity contribution in [3.63, 3.8) is 0 Å². The van der Waals surface area contributed by atoms with Crippen molar-refractivity contribution in [2.45, 2.75) is 32.5 Å². The van der Waals surface area contributed by atoms with Crippen molar-refractivity contribution in [1.29, 1.82) is 0 Å². The molecule has 3 aromatic rings. The Bertz CT molecular complexity index is 969. The number of nitrogens with one attached hydrogen (secondary N) is 1. The Morgan fingerprint density at radius 2 is 1.90 bits per heavy atom. The molecule has 0 atom stereocenters. The maximum atomic E-state index is 12.8. The van der Waals surface area contributed by atoms with Crippen LogP contribution in [0.15, 0.2) is 60.8 Å². The van der Waals surface area contributed by atoms with Crippen molar-refractivity contribution < 1.29 is 22.7 Å². The average Bonchev–Trinajstić information content (AvgIpc) is 3.09. The number of amides is 1. The summed E-state index contributed by atoms with van der Waals surface area (Å²) < 4.78 is 45.4. The standard InChI is InChI=1S/C21H20F3N3O2/c1-2-7-18-19(14-26-27(18)17-10-4-3-5-11-17)29-20(28)25-13-15-8-6-9-16(12-15)21(22,23)24/h3-6,8-12,14H,2,7,13H2,1H3,(H,25,28). The Balaban J connectivity index is 1.69. The molecule has 0 spiro atoms. The number of halogens is 3. The molecule has 2 aromatic carbocycles. The first-order valence-electron chi connectivity index (χ1n) is 9.12. The van der Waals surface area contributed by atoms with Crippen LogP contribution in [0.4, 0.5) is 18.0 Å². The molecule has 0 fully saturated rings. The van der Waals surface area contributed by atoms with Crippen molar-refractivity contribution in [2.24, 2.45) is 0 Å². The van der Waals surface area contributed by atoms with Gasteiger partial charge in [-0.3, -0.25) is 0 Å². The fourth-order valence-electron chi connectivity index (χ4n) is 2.87. The highest BCUT2D eigenvalue weighted by molar-refractivity contribution is 5.70. The smallest absolute Gasteiger partial charge is 0.407 e. The molecule has 8 heteroatoms. The molecule has 1 N–H and O–H groups in total. The average molecular weight is 403 g/mol. The summed E-state index contributed by atoms with van der Waals surface area (Å²) in [6.45, 7) is 1.92. The summed E-state index contributed by atoms with van der Waals surface area (Å²) in [5.74, 6) is 0.317. The van der Waals surface area contributed by atoms with E-state index < -0.39 is 17.8 Å². The van der Waals surface area contributed by atoms with Crippen LogP contribution in [0.1, 0.15) is 30.2 Å². The minimum Gasteiger partial charge on any atom is -0.407 e. The number of alkyl halides is 3. The predicted molar refractivity (Wildman–Crippen MR) is 102 cm³/mol. The maximum Gasteiger partial charge on any atom is 0.416 e. The third-order valence-corrected chi connectivity index (χ3v) is 4.21. The Morgan fingerprint density at radius 1 is 1.14 bits per heavy atom. The third-order valence-electron chi connectivity index (χ3n) is 4.21. The molecule has 0 aliphatic rings. The van der Waals surface area contributed by atoms with Gasteiger partial charge in [0, 0.05) is 6.54 Å². The number of nitrogens with zero attached hydrogens (tertiary/aromatic N) is 2. The van der Waals surface area contributed by atoms with E-state index in [0.717, 1.165) is 29.9 Å². The third kappa shape index (κ3) is 5.16. The predicted octanol–water partition coefficient (Wildman–Crippen LogP) is 5.13. The van der Waals surface area contributed by atoms with Gasteiger partial charge in [0.1, 0.15) is 0 Å². The molecule has 152 valence electrons. The van der Waals surface area contributed by atoms with Crippen molar-refractivity contribution in [3.8, 4) is 11.4 Å². The van der Waals surface area contributed by atoms with Gasteiger partial charge in [-0.05, 0) is 36.2 Å². The lowest BCUT2D eigenvalue weighted by molar-refractivity contribution is -0.137. The van der Waals surface area contributed by atoms with Crippen LogP contribution in [-0.4, -0.2) is 15.9 Å². The number of para-hydroxylation sites is 1. The summed E-state index contributed by atoms with van der Waals surface area (Å²) in [6, 6.07) is 14.2. The topological polar surface area (TPSA) is 56.1 Å². The molecule has 5 nitrogen and oxygen atoms in total. The molecule has 0 aliphatic carbocycles. The zero-order chi connectivity index (χ0) is 20.9. The molecular weight excluding hydrogens is 383 g/mol. The van der Waals surface area contributed by atoms with E-state index >= 15 is 0 Å². The quantitative estimate of drug-likeness (QED) is 0.621. The van der Waals surface area contributed by atoms with Crippen LogP contribution in [0, 0.1) is 0 Å². The Hall–Kier alpha value is -3.29. The van der Waals surface area contributed by atoms with Crippen LogP contribution in [0.25, 0.3) is 5.69 Å². The van der Waals surface area contributed by atoms with Gasteiger partial charge < -0.3 is 10.1 Å². The summed E-state index contributed by atoms with van der Waals surface area (Å²) in [5, 5.41) is 6.78. The molecule has 29 heavy (non-hydrogen) atoms. The molecule has 0 radical (unpaired) electrons. The van der Waals surface area contributed by atoms with Crippen molar-refractivity contribution in [3.05, 3.63) is 77.6 Å². The minimum atomic E-state index is -4.43. The lowest BCUT2D eigenvalue weighted by atomic mass is 10.1. The zero-order valence-corrected chi connectivity index (χ0v) is 15.7. The Labute approximate surface area is 166 Å². The fraction of sp³-hybridized carbons (Fsp3) is 0.238. The van der Waals surface area contributed by atoms with E-state index in [0.29, 0.717) is 17.7 Å². The van der Waals surface area contributed by atoms with Crippen molar-refractivity contribution >= 4 is 6.09 Å². The van der Waals surface area contributed by atoms with Crippen molar-refractivity contribution in [2.75, 3.05) is 0 Å². The Morgan fingerprint density at radius 3 is 2.59 bits per heavy atom. The van der Waals surface area contributed by atoms with Crippen LogP contribution < -0.4 is 10.1 Å². The first-order valence-corrected chi connectivity index (χ1v) is 9.12. The van der Waals surface area contributed by atoms with Gasteiger partial charge in [-0.1, -0.05) is 43.7 Å². The molecule has 0 unspecified atom stereocenters. The van der Waals surface area contributed by atoms with E-state index in [1.807, 2.05) is 37.3 Å². The summed E-state index contributed by atoms with van der Waals surface area (Å²) in [7, 11) is 0. The molecule has 0 saturated carbocycles. The molecule has 1 heterocycles. The van der Waals surface area contributed by atoms with Gasteiger partial charge in [0.05, 0.1) is 23.1 Å². The van der Waals surface area contributed by atoms with E-state index in [1.165, 1.54) is 18.3 Å². The summed E-state index contributed by atoms with van der Waals surface area (Å²) in [5.41, 5.74) is 1.15. The summed E-state index contributed by atoms with van der Waals surface area (Å²) in [6.07, 6.45) is -2.27. The number of carbonyl (C=O) groups excluding carboxylic acids is 1. The van der Waals surface area contributed by atoms with E-state index in [1.54, 1.807) is 4.68 Å². The fourth-order valence-corrected chi connectivity index (χ4v) is 2.87.